The van der Waals surface area contributed by atoms with Gasteiger partial charge in [0.1, 0.15) is 5.52 Å². The molecule has 0 bridgehead atoms. The van der Waals surface area contributed by atoms with E-state index in [0.717, 1.165) is 44.5 Å². The second kappa shape index (κ2) is 10.4. The molecule has 2 unspecified atom stereocenters. The number of anilines is 4. The summed E-state index contributed by atoms with van der Waals surface area (Å²) in [6.45, 7) is 0. The van der Waals surface area contributed by atoms with Gasteiger partial charge in [0.15, 0.2) is 5.58 Å². The standard InChI is InChI=1S/C41H29N3O/c1-4-12-29(13-5-1)41-42-40-36-26-32(22-20-28(36)21-25-39(40)45-41)43(30-14-6-2-7-15-30)33-23-24-35-34-18-10-11-19-37(34)44(38(35)27-33)31-16-8-3-9-17-31/h1-27,35,38H. The van der Waals surface area contributed by atoms with Crippen LogP contribution in [0.2, 0.25) is 0 Å². The maximum Gasteiger partial charge on any atom is 0.227 e. The average molecular weight is 580 g/mol. The van der Waals surface area contributed by atoms with Crippen LogP contribution in [0.15, 0.2) is 174 Å². The molecule has 0 N–H and O–H groups in total. The lowest BCUT2D eigenvalue weighted by atomic mass is 9.90. The normalized spacial score (nSPS) is 16.9. The zero-order valence-electron chi connectivity index (χ0n) is 24.5. The Labute approximate surface area is 261 Å². The molecule has 2 atom stereocenters. The molecule has 7 aromatic rings. The fraction of sp³-hybridized carbons (Fsp3) is 0.0488. The Hall–Kier alpha value is -5.87. The maximum atomic E-state index is 6.24. The number of allylic oxidation sites excluding steroid dienone is 1. The number of nitrogens with zero attached hydrogens (tertiary/aromatic N) is 3. The minimum absolute atomic E-state index is 0.146. The van der Waals surface area contributed by atoms with Crippen molar-refractivity contribution in [2.24, 2.45) is 0 Å². The fourth-order valence-electron chi connectivity index (χ4n) is 6.94. The third-order valence-corrected chi connectivity index (χ3v) is 8.98. The number of oxazole rings is 1. The van der Waals surface area contributed by atoms with Crippen LogP contribution >= 0.6 is 0 Å². The summed E-state index contributed by atoms with van der Waals surface area (Å²) in [5.74, 6) is 0.903. The van der Waals surface area contributed by atoms with E-state index in [-0.39, 0.29) is 12.0 Å². The Morgan fingerprint density at radius 2 is 1.38 bits per heavy atom. The molecule has 0 amide bonds. The van der Waals surface area contributed by atoms with Crippen molar-refractivity contribution in [3.05, 3.63) is 175 Å². The molecule has 1 aliphatic heterocycles. The number of benzene rings is 6. The van der Waals surface area contributed by atoms with Gasteiger partial charge < -0.3 is 14.2 Å². The zero-order valence-corrected chi connectivity index (χ0v) is 24.5. The van der Waals surface area contributed by atoms with E-state index in [0.29, 0.717) is 5.89 Å². The van der Waals surface area contributed by atoms with Crippen molar-refractivity contribution in [1.29, 1.82) is 0 Å². The molecule has 214 valence electrons. The van der Waals surface area contributed by atoms with Gasteiger partial charge in [0.2, 0.25) is 5.89 Å². The topological polar surface area (TPSA) is 32.5 Å². The summed E-state index contributed by atoms with van der Waals surface area (Å²) in [5, 5.41) is 2.19. The highest BCUT2D eigenvalue weighted by atomic mass is 16.3. The molecular weight excluding hydrogens is 550 g/mol. The van der Waals surface area contributed by atoms with Crippen molar-refractivity contribution in [3.63, 3.8) is 0 Å². The van der Waals surface area contributed by atoms with Gasteiger partial charge in [-0.25, -0.2) is 4.98 Å². The molecule has 0 saturated carbocycles. The molecule has 0 radical (unpaired) electrons. The molecular formula is C41H29N3O. The second-order valence-corrected chi connectivity index (χ2v) is 11.6. The predicted octanol–water partition coefficient (Wildman–Crippen LogP) is 10.5. The molecule has 4 nitrogen and oxygen atoms in total. The summed E-state index contributed by atoms with van der Waals surface area (Å²) in [5.41, 5.74) is 9.75. The van der Waals surface area contributed by atoms with E-state index >= 15 is 0 Å². The van der Waals surface area contributed by atoms with E-state index in [1.807, 2.05) is 36.4 Å². The molecule has 0 fully saturated rings. The van der Waals surface area contributed by atoms with Gasteiger partial charge in [-0.3, -0.25) is 0 Å². The largest absolute Gasteiger partial charge is 0.436 e. The van der Waals surface area contributed by atoms with Crippen molar-refractivity contribution in [1.82, 2.24) is 4.98 Å². The van der Waals surface area contributed by atoms with Crippen LogP contribution in [0.5, 0.6) is 0 Å². The Bertz CT molecular complexity index is 2240. The summed E-state index contributed by atoms with van der Waals surface area (Å²) in [4.78, 5) is 9.83. The third-order valence-electron chi connectivity index (χ3n) is 8.98. The fourth-order valence-corrected chi connectivity index (χ4v) is 6.94. The van der Waals surface area contributed by atoms with E-state index in [9.17, 15) is 0 Å². The second-order valence-electron chi connectivity index (χ2n) is 11.6. The van der Waals surface area contributed by atoms with E-state index in [4.69, 9.17) is 9.40 Å². The molecule has 0 spiro atoms. The number of hydrogen-bond donors (Lipinski definition) is 0. The number of hydrogen-bond acceptors (Lipinski definition) is 4. The van der Waals surface area contributed by atoms with E-state index in [1.54, 1.807) is 0 Å². The van der Waals surface area contributed by atoms with Gasteiger partial charge in [-0.15, -0.1) is 0 Å². The molecule has 45 heavy (non-hydrogen) atoms. The van der Waals surface area contributed by atoms with Crippen LogP contribution in [0.3, 0.4) is 0 Å². The lowest BCUT2D eigenvalue weighted by Gasteiger charge is -2.34. The highest BCUT2D eigenvalue weighted by Crippen LogP contribution is 2.49. The summed E-state index contributed by atoms with van der Waals surface area (Å²) in [6.07, 6.45) is 7.09. The molecule has 1 aromatic heterocycles. The Kier molecular flexibility index (Phi) is 5.91. The van der Waals surface area contributed by atoms with Crippen molar-refractivity contribution >= 4 is 44.6 Å². The van der Waals surface area contributed by atoms with Gasteiger partial charge >= 0.3 is 0 Å². The van der Waals surface area contributed by atoms with Crippen LogP contribution in [0.1, 0.15) is 11.5 Å². The van der Waals surface area contributed by atoms with Gasteiger partial charge in [0, 0.05) is 45.3 Å². The van der Waals surface area contributed by atoms with Crippen LogP contribution in [-0.2, 0) is 0 Å². The van der Waals surface area contributed by atoms with Crippen molar-refractivity contribution in [2.45, 2.75) is 12.0 Å². The number of rotatable bonds is 5. The van der Waals surface area contributed by atoms with Crippen LogP contribution in [0.25, 0.3) is 33.3 Å². The summed E-state index contributed by atoms with van der Waals surface area (Å²) >= 11 is 0. The van der Waals surface area contributed by atoms with Crippen molar-refractivity contribution < 1.29 is 4.42 Å². The van der Waals surface area contributed by atoms with Crippen LogP contribution < -0.4 is 9.80 Å². The lowest BCUT2D eigenvalue weighted by Crippen LogP contribution is -2.31. The molecule has 2 aliphatic rings. The number of fused-ring (bicyclic) bond motifs is 6. The van der Waals surface area contributed by atoms with E-state index in [1.165, 1.54) is 16.9 Å². The molecule has 4 heteroatoms. The first-order chi connectivity index (χ1) is 22.3. The third kappa shape index (κ3) is 4.26. The first-order valence-electron chi connectivity index (χ1n) is 15.4. The first-order valence-corrected chi connectivity index (χ1v) is 15.4. The predicted molar refractivity (Wildman–Crippen MR) is 184 cm³/mol. The first kappa shape index (κ1) is 25.6. The van der Waals surface area contributed by atoms with E-state index in [2.05, 4.69) is 137 Å². The Morgan fingerprint density at radius 1 is 0.667 bits per heavy atom. The smallest absolute Gasteiger partial charge is 0.227 e. The SMILES string of the molecule is C1=CC2c3ccccc3N(c3ccccc3)C2C=C1N(c1ccccc1)c1ccc2ccc3oc(-c4ccccc4)nc3c2c1. The number of para-hydroxylation sites is 3. The molecule has 2 heterocycles. The highest BCUT2D eigenvalue weighted by molar-refractivity contribution is 6.05. The van der Waals surface area contributed by atoms with Crippen LogP contribution in [0, 0.1) is 0 Å². The number of aromatic nitrogens is 1. The Morgan fingerprint density at radius 3 is 2.20 bits per heavy atom. The van der Waals surface area contributed by atoms with Gasteiger partial charge in [-0.05, 0) is 83.8 Å². The van der Waals surface area contributed by atoms with Gasteiger partial charge in [-0.1, -0.05) is 91.0 Å². The maximum absolute atomic E-state index is 6.24. The lowest BCUT2D eigenvalue weighted by molar-refractivity contribution is 0.620. The van der Waals surface area contributed by atoms with Crippen molar-refractivity contribution in [2.75, 3.05) is 9.80 Å². The molecule has 9 rings (SSSR count). The summed E-state index contributed by atoms with van der Waals surface area (Å²) < 4.78 is 6.24. The van der Waals surface area contributed by atoms with Gasteiger partial charge in [0.05, 0.1) is 6.04 Å². The highest BCUT2D eigenvalue weighted by Gasteiger charge is 2.38. The van der Waals surface area contributed by atoms with Crippen LogP contribution in [0.4, 0.5) is 22.7 Å². The monoisotopic (exact) mass is 579 g/mol. The minimum atomic E-state index is 0.146. The molecule has 0 saturated heterocycles. The summed E-state index contributed by atoms with van der Waals surface area (Å²) in [6, 6.07) is 51.2. The Balaban J connectivity index is 1.20. The zero-order chi connectivity index (χ0) is 29.7. The quantitative estimate of drug-likeness (QED) is 0.203. The molecule has 1 aliphatic carbocycles. The molecule has 6 aromatic carbocycles. The van der Waals surface area contributed by atoms with Crippen molar-refractivity contribution in [3.8, 4) is 11.5 Å². The van der Waals surface area contributed by atoms with E-state index < -0.39 is 0 Å². The summed E-state index contributed by atoms with van der Waals surface area (Å²) in [7, 11) is 0. The minimum Gasteiger partial charge on any atom is -0.436 e. The van der Waals surface area contributed by atoms with Gasteiger partial charge in [0.25, 0.3) is 0 Å². The average Bonchev–Trinajstić information content (AvgIpc) is 3.70. The van der Waals surface area contributed by atoms with Crippen LogP contribution in [-0.4, -0.2) is 11.0 Å². The van der Waals surface area contributed by atoms with Gasteiger partial charge in [-0.2, -0.15) is 0 Å².